The molecule has 1 amide bonds. The minimum Gasteiger partial charge on any atom is -0.452 e. The summed E-state index contributed by atoms with van der Waals surface area (Å²) in [7, 11) is -3.04. The highest BCUT2D eigenvalue weighted by Crippen LogP contribution is 2.21. The molecule has 0 aliphatic carbocycles. The third-order valence-corrected chi connectivity index (χ3v) is 5.93. The number of aryl methyl sites for hydroxylation is 2. The summed E-state index contributed by atoms with van der Waals surface area (Å²) in [5.74, 6) is -0.971. The largest absolute Gasteiger partial charge is 0.452 e. The Bertz CT molecular complexity index is 662. The minimum atomic E-state index is -3.04. The van der Waals surface area contributed by atoms with Gasteiger partial charge >= 0.3 is 5.97 Å². The second kappa shape index (κ2) is 6.15. The van der Waals surface area contributed by atoms with Crippen molar-refractivity contribution in [2.75, 3.05) is 18.1 Å². The van der Waals surface area contributed by atoms with Gasteiger partial charge in [0.25, 0.3) is 5.91 Å². The van der Waals surface area contributed by atoms with Gasteiger partial charge in [-0.2, -0.15) is 0 Å². The Hall–Kier alpha value is -1.41. The van der Waals surface area contributed by atoms with Crippen LogP contribution >= 0.6 is 11.3 Å². The molecule has 0 saturated carbocycles. The Morgan fingerprint density at radius 3 is 2.67 bits per heavy atom. The van der Waals surface area contributed by atoms with Gasteiger partial charge in [0.2, 0.25) is 0 Å². The Morgan fingerprint density at radius 1 is 1.43 bits per heavy atom. The van der Waals surface area contributed by atoms with Gasteiger partial charge in [-0.05, 0) is 26.3 Å². The zero-order valence-corrected chi connectivity index (χ0v) is 13.5. The van der Waals surface area contributed by atoms with Gasteiger partial charge in [0.05, 0.1) is 17.1 Å². The highest BCUT2D eigenvalue weighted by Gasteiger charge is 2.29. The normalized spacial score (nSPS) is 20.2. The van der Waals surface area contributed by atoms with E-state index in [0.29, 0.717) is 12.0 Å². The monoisotopic (exact) mass is 331 g/mol. The fraction of sp³-hybridized carbons (Fsp3) is 0.538. The summed E-state index contributed by atoms with van der Waals surface area (Å²) in [4.78, 5) is 25.3. The minimum absolute atomic E-state index is 0.0461. The van der Waals surface area contributed by atoms with Gasteiger partial charge < -0.3 is 10.1 Å². The van der Waals surface area contributed by atoms with Crippen LogP contribution in [0.5, 0.6) is 0 Å². The van der Waals surface area contributed by atoms with E-state index in [4.69, 9.17) is 4.74 Å². The molecule has 0 radical (unpaired) electrons. The number of carbonyl (C=O) groups excluding carboxylic acids is 2. The predicted octanol–water partition coefficient (Wildman–Crippen LogP) is 0.825. The maximum atomic E-state index is 11.8. The molecular formula is C13H17NO5S2. The van der Waals surface area contributed by atoms with Crippen LogP contribution in [0, 0.1) is 13.8 Å². The molecule has 1 aromatic heterocycles. The molecule has 2 rings (SSSR count). The van der Waals surface area contributed by atoms with Gasteiger partial charge in [0, 0.05) is 15.8 Å². The van der Waals surface area contributed by atoms with Gasteiger partial charge in [-0.15, -0.1) is 11.3 Å². The lowest BCUT2D eigenvalue weighted by molar-refractivity contribution is -0.124. The average molecular weight is 331 g/mol. The molecule has 1 aliphatic rings. The van der Waals surface area contributed by atoms with Crippen molar-refractivity contribution in [3.63, 3.8) is 0 Å². The van der Waals surface area contributed by atoms with Gasteiger partial charge in [-0.1, -0.05) is 0 Å². The molecule has 0 unspecified atom stereocenters. The molecule has 1 aromatic rings. The fourth-order valence-corrected chi connectivity index (χ4v) is 4.81. The molecule has 0 bridgehead atoms. The predicted molar refractivity (Wildman–Crippen MR) is 79.3 cm³/mol. The van der Waals surface area contributed by atoms with Crippen LogP contribution in [0.4, 0.5) is 0 Å². The smallest absolute Gasteiger partial charge is 0.339 e. The summed E-state index contributed by atoms with van der Waals surface area (Å²) in [5, 5.41) is 2.57. The van der Waals surface area contributed by atoms with Gasteiger partial charge in [-0.25, -0.2) is 13.2 Å². The van der Waals surface area contributed by atoms with Crippen molar-refractivity contribution < 1.29 is 22.7 Å². The fourth-order valence-electron chi connectivity index (χ4n) is 2.22. The lowest BCUT2D eigenvalue weighted by Gasteiger charge is -2.10. The standard InChI is InChI=1S/C13H17NO5S2/c1-8-5-11(9(2)20-8)13(16)19-6-12(15)14-10-3-4-21(17,18)7-10/h5,10H,3-4,6-7H2,1-2H3,(H,14,15)/t10-/m1/s1. The Kier molecular flexibility index (Phi) is 4.67. The molecule has 1 saturated heterocycles. The van der Waals surface area contributed by atoms with Crippen molar-refractivity contribution in [1.29, 1.82) is 0 Å². The third kappa shape index (κ3) is 4.28. The van der Waals surface area contributed by atoms with Gasteiger partial charge in [0.15, 0.2) is 16.4 Å². The first kappa shape index (κ1) is 16.0. The molecule has 21 heavy (non-hydrogen) atoms. The van der Waals surface area contributed by atoms with E-state index in [1.54, 1.807) is 6.07 Å². The summed E-state index contributed by atoms with van der Waals surface area (Å²) in [6.07, 6.45) is 0.408. The molecule has 1 aliphatic heterocycles. The zero-order valence-electron chi connectivity index (χ0n) is 11.8. The summed E-state index contributed by atoms with van der Waals surface area (Å²) in [6.45, 7) is 3.31. The van der Waals surface area contributed by atoms with Crippen LogP contribution in [0.15, 0.2) is 6.07 Å². The molecule has 6 nitrogen and oxygen atoms in total. The lowest BCUT2D eigenvalue weighted by Crippen LogP contribution is -2.38. The Balaban J connectivity index is 1.82. The van der Waals surface area contributed by atoms with Crippen LogP contribution in [0.3, 0.4) is 0 Å². The van der Waals surface area contributed by atoms with Crippen LogP contribution in [0.1, 0.15) is 26.5 Å². The van der Waals surface area contributed by atoms with Crippen LogP contribution in [-0.4, -0.2) is 44.4 Å². The topological polar surface area (TPSA) is 89.5 Å². The highest BCUT2D eigenvalue weighted by molar-refractivity contribution is 7.91. The molecule has 1 N–H and O–H groups in total. The van der Waals surface area contributed by atoms with E-state index in [1.165, 1.54) is 11.3 Å². The second-order valence-electron chi connectivity index (χ2n) is 5.07. The highest BCUT2D eigenvalue weighted by atomic mass is 32.2. The van der Waals surface area contributed by atoms with Crippen LogP contribution in [0.2, 0.25) is 0 Å². The number of thiophene rings is 1. The van der Waals surface area contributed by atoms with Crippen molar-refractivity contribution in [1.82, 2.24) is 5.32 Å². The van der Waals surface area contributed by atoms with Crippen molar-refractivity contribution in [3.8, 4) is 0 Å². The first-order chi connectivity index (χ1) is 9.77. The molecule has 116 valence electrons. The van der Waals surface area contributed by atoms with Crippen molar-refractivity contribution >= 4 is 33.1 Å². The number of nitrogens with one attached hydrogen (secondary N) is 1. The number of hydrogen-bond acceptors (Lipinski definition) is 6. The van der Waals surface area contributed by atoms with E-state index >= 15 is 0 Å². The van der Waals surface area contributed by atoms with Crippen LogP contribution in [0.25, 0.3) is 0 Å². The second-order valence-corrected chi connectivity index (χ2v) is 8.76. The number of sulfone groups is 1. The lowest BCUT2D eigenvalue weighted by atomic mass is 10.2. The van der Waals surface area contributed by atoms with Gasteiger partial charge in [-0.3, -0.25) is 4.79 Å². The van der Waals surface area contributed by atoms with Crippen molar-refractivity contribution in [3.05, 3.63) is 21.4 Å². The number of esters is 1. The van der Waals surface area contributed by atoms with Crippen LogP contribution < -0.4 is 5.32 Å². The number of ether oxygens (including phenoxy) is 1. The summed E-state index contributed by atoms with van der Waals surface area (Å²) < 4.78 is 27.5. The van der Waals surface area contributed by atoms with Crippen molar-refractivity contribution in [2.45, 2.75) is 26.3 Å². The third-order valence-electron chi connectivity index (χ3n) is 3.19. The van der Waals surface area contributed by atoms with Crippen molar-refractivity contribution in [2.24, 2.45) is 0 Å². The van der Waals surface area contributed by atoms with Gasteiger partial charge in [0.1, 0.15) is 0 Å². The Labute approximate surface area is 127 Å². The molecular weight excluding hydrogens is 314 g/mol. The molecule has 8 heteroatoms. The summed E-state index contributed by atoms with van der Waals surface area (Å²) >= 11 is 1.49. The van der Waals surface area contributed by atoms with Crippen LogP contribution in [-0.2, 0) is 19.4 Å². The number of rotatable bonds is 4. The van der Waals surface area contributed by atoms with E-state index < -0.39 is 28.3 Å². The molecule has 1 atom stereocenters. The number of carbonyl (C=O) groups is 2. The molecule has 0 spiro atoms. The number of amides is 1. The molecule has 1 fully saturated rings. The Morgan fingerprint density at radius 2 is 2.14 bits per heavy atom. The summed E-state index contributed by atoms with van der Waals surface area (Å²) in [5.41, 5.74) is 0.466. The first-order valence-electron chi connectivity index (χ1n) is 6.51. The quantitative estimate of drug-likeness (QED) is 0.825. The zero-order chi connectivity index (χ0) is 15.6. The van der Waals surface area contributed by atoms with E-state index in [2.05, 4.69) is 5.32 Å². The first-order valence-corrected chi connectivity index (χ1v) is 9.14. The SMILES string of the molecule is Cc1cc(C(=O)OCC(=O)N[C@@H]2CCS(=O)(=O)C2)c(C)s1. The number of hydrogen-bond donors (Lipinski definition) is 1. The molecule has 2 heterocycles. The van der Waals surface area contributed by atoms with E-state index in [1.807, 2.05) is 13.8 Å². The van der Waals surface area contributed by atoms with E-state index in [0.717, 1.165) is 9.75 Å². The van der Waals surface area contributed by atoms with E-state index in [-0.39, 0.29) is 17.5 Å². The van der Waals surface area contributed by atoms with E-state index in [9.17, 15) is 18.0 Å². The maximum absolute atomic E-state index is 11.8. The summed E-state index contributed by atoms with van der Waals surface area (Å²) in [6, 6.07) is 1.34. The average Bonchev–Trinajstić information content (AvgIpc) is 2.88. The molecule has 0 aromatic carbocycles. The maximum Gasteiger partial charge on any atom is 0.339 e.